The molecule has 6 atom stereocenters. The molecule has 0 aromatic heterocycles. The van der Waals surface area contributed by atoms with Crippen molar-refractivity contribution in [3.8, 4) is 34.5 Å². The van der Waals surface area contributed by atoms with Crippen LogP contribution < -0.4 is 47.3 Å². The number of nitrogens with zero attached hydrogens (tertiary/aromatic N) is 3. The summed E-state index contributed by atoms with van der Waals surface area (Å²) in [4.78, 5) is 41.3. The molecule has 6 aromatic carbocycles. The zero-order valence-electron chi connectivity index (χ0n) is 61.1. The number of carboxylic acids is 2. The SMILES string of the molecule is COC(=O)c1cc(Cl)c(OC)cc1OCC(O)CN1CCC(O)(Cc2ccc(F)cc2)C(C)(C)C1.COc1cc(OCC(O)CN2CCC(O)(Cc3ccc(F)cc3)C(C)(C)C2)c(C(=O)O)cc1Cl.COc1cc(OCC(O)CN2CCC(O)(Cc3ccc(F)cc3)C(C)(C)C2)c(C(=O)O)cc1Cl.[Li+].[OH-]. The Kier molecular flexibility index (Phi) is 32.6. The van der Waals surface area contributed by atoms with Crippen LogP contribution in [0.4, 0.5) is 13.2 Å². The van der Waals surface area contributed by atoms with Crippen molar-refractivity contribution in [2.24, 2.45) is 16.2 Å². The number of hydrogen-bond acceptors (Lipinski definition) is 20. The summed E-state index contributed by atoms with van der Waals surface area (Å²) in [5.41, 5.74) is -1.85. The van der Waals surface area contributed by atoms with Crippen molar-refractivity contribution in [1.82, 2.24) is 14.7 Å². The maximum absolute atomic E-state index is 13.3. The van der Waals surface area contributed by atoms with Crippen LogP contribution in [0.2, 0.25) is 15.1 Å². The van der Waals surface area contributed by atoms with Gasteiger partial charge in [-0.25, -0.2) is 27.6 Å². The Hall–Kier alpha value is -6.61. The van der Waals surface area contributed by atoms with Crippen molar-refractivity contribution in [2.75, 3.05) is 107 Å². The van der Waals surface area contributed by atoms with E-state index in [2.05, 4.69) is 4.90 Å². The number of halogens is 6. The first-order valence-electron chi connectivity index (χ1n) is 33.5. The zero-order valence-corrected chi connectivity index (χ0v) is 63.3. The molecule has 6 aromatic rings. The maximum Gasteiger partial charge on any atom is 1.00 e. The quantitative estimate of drug-likeness (QED) is 0.0180. The predicted octanol–water partition coefficient (Wildman–Crippen LogP) is 7.81. The Morgan fingerprint density at radius 3 is 0.914 bits per heavy atom. The fourth-order valence-electron chi connectivity index (χ4n) is 13.3. The van der Waals surface area contributed by atoms with Crippen molar-refractivity contribution in [2.45, 2.75) is 115 Å². The molecular formula is C76H96Cl3F3LiN3O19. The Labute approximate surface area is 637 Å². The van der Waals surface area contributed by atoms with Gasteiger partial charge in [0.05, 0.1) is 60.3 Å². The van der Waals surface area contributed by atoms with Gasteiger partial charge in [0.2, 0.25) is 0 Å². The second kappa shape index (κ2) is 38.5. The van der Waals surface area contributed by atoms with E-state index >= 15 is 0 Å². The minimum Gasteiger partial charge on any atom is -0.870 e. The molecule has 3 saturated heterocycles. The Morgan fingerprint density at radius 1 is 0.438 bits per heavy atom. The molecule has 9 N–H and O–H groups in total. The van der Waals surface area contributed by atoms with Gasteiger partial charge in [0.25, 0.3) is 0 Å². The molecule has 3 fully saturated rings. The van der Waals surface area contributed by atoms with Crippen molar-refractivity contribution >= 4 is 52.7 Å². The summed E-state index contributed by atoms with van der Waals surface area (Å²) >= 11 is 18.1. The molecule has 3 aliphatic heterocycles. The summed E-state index contributed by atoms with van der Waals surface area (Å²) in [5.74, 6) is -2.75. The van der Waals surface area contributed by atoms with E-state index < -0.39 is 69.3 Å². The number of aliphatic hydroxyl groups is 6. The van der Waals surface area contributed by atoms with Gasteiger partial charge >= 0.3 is 36.8 Å². The minimum absolute atomic E-state index is 0. The van der Waals surface area contributed by atoms with E-state index in [4.69, 9.17) is 68.0 Å². The number of rotatable bonds is 27. The summed E-state index contributed by atoms with van der Waals surface area (Å²) in [5, 5.41) is 85.4. The second-order valence-electron chi connectivity index (χ2n) is 28.6. The standard InChI is InChI=1S/C26H33ClFNO6.2C25H31ClFNO6.Li.H2O/c1-25(2)16-29(10-9-26(25,32)13-17-5-7-18(28)8-6-17)14-19(30)15-35-22-12-23(33-3)21(27)11-20(22)24(31)34-4;2*1-24(2)15-28(9-8-25(24,32)12-16-4-6-17(27)7-5-16)13-18(29)14-34-21-11-22(33-3)20(26)10-19(21)23(30)31;;/h5-8,11-12,19,30,32H,9-10,13-16H2,1-4H3;2*4-7,10-11,18,29,32H,8-9,12-15H2,1-3H3,(H,30,31);;1H2/q;;;+1;/p-1. The van der Waals surface area contributed by atoms with Gasteiger partial charge in [-0.3, -0.25) is 14.7 Å². The van der Waals surface area contributed by atoms with Crippen LogP contribution in [0.15, 0.2) is 109 Å². The van der Waals surface area contributed by atoms with E-state index in [9.17, 15) is 68.4 Å². The topological polar surface area (TPSA) is 317 Å². The molecule has 0 amide bonds. The van der Waals surface area contributed by atoms with E-state index in [1.807, 2.05) is 51.3 Å². The fourth-order valence-corrected chi connectivity index (χ4v) is 14.0. The number of carboxylic acid groups (broad SMARTS) is 2. The first-order valence-corrected chi connectivity index (χ1v) is 34.7. The van der Waals surface area contributed by atoms with Gasteiger partial charge in [0.1, 0.15) is 107 Å². The minimum atomic E-state index is -1.20. The molecule has 9 rings (SSSR count). The van der Waals surface area contributed by atoms with E-state index in [-0.39, 0.29) is 122 Å². The number of aliphatic hydroxyl groups excluding tert-OH is 3. The Bertz CT molecular complexity index is 3690. The van der Waals surface area contributed by atoms with Crippen LogP contribution in [0.3, 0.4) is 0 Å². The number of esters is 1. The predicted molar refractivity (Wildman–Crippen MR) is 385 cm³/mol. The third kappa shape index (κ3) is 23.7. The van der Waals surface area contributed by atoms with E-state index in [1.165, 1.54) is 101 Å². The van der Waals surface area contributed by atoms with Crippen molar-refractivity contribution in [1.29, 1.82) is 0 Å². The van der Waals surface area contributed by atoms with E-state index in [1.54, 1.807) is 36.4 Å². The molecule has 0 spiro atoms. The normalized spacial score (nSPS) is 20.6. The van der Waals surface area contributed by atoms with E-state index in [0.29, 0.717) is 103 Å². The van der Waals surface area contributed by atoms with Crippen LogP contribution in [-0.2, 0) is 24.0 Å². The zero-order chi connectivity index (χ0) is 76.0. The van der Waals surface area contributed by atoms with Crippen molar-refractivity contribution in [3.63, 3.8) is 0 Å². The van der Waals surface area contributed by atoms with Crippen LogP contribution in [0, 0.1) is 33.7 Å². The molecule has 0 aliphatic carbocycles. The molecule has 572 valence electrons. The molecule has 0 radical (unpaired) electrons. The van der Waals surface area contributed by atoms with Gasteiger partial charge in [-0.1, -0.05) is 113 Å². The number of β-amino-alcohol motifs (C(OH)–C–C–N with tert-alkyl or cyclic N) is 3. The van der Waals surface area contributed by atoms with Crippen LogP contribution >= 0.6 is 34.8 Å². The average molecular weight is 1530 g/mol. The largest absolute Gasteiger partial charge is 1.00 e. The number of carbonyl (C=O) groups is 3. The molecule has 22 nitrogen and oxygen atoms in total. The van der Waals surface area contributed by atoms with Crippen molar-refractivity contribution in [3.05, 3.63) is 175 Å². The molecule has 3 heterocycles. The van der Waals surface area contributed by atoms with Crippen LogP contribution in [0.1, 0.15) is 109 Å². The van der Waals surface area contributed by atoms with Crippen molar-refractivity contribution < 1.29 is 126 Å². The van der Waals surface area contributed by atoms with Gasteiger partial charge in [0, 0.05) is 113 Å². The summed E-state index contributed by atoms with van der Waals surface area (Å²) < 4.78 is 76.9. The number of methoxy groups -OCH3 is 4. The number of hydrogen-bond donors (Lipinski definition) is 8. The smallest absolute Gasteiger partial charge is 0.870 e. The van der Waals surface area contributed by atoms with Crippen LogP contribution in [0.25, 0.3) is 0 Å². The third-order valence-corrected chi connectivity index (χ3v) is 20.6. The summed E-state index contributed by atoms with van der Waals surface area (Å²) in [6.07, 6.45) is 0.114. The number of piperidine rings is 3. The molecule has 3 aliphatic rings. The number of carbonyl (C=O) groups excluding carboxylic acids is 1. The summed E-state index contributed by atoms with van der Waals surface area (Å²) in [6.45, 7) is 15.8. The van der Waals surface area contributed by atoms with Gasteiger partial charge in [-0.15, -0.1) is 0 Å². The van der Waals surface area contributed by atoms with Gasteiger partial charge < -0.3 is 79.5 Å². The average Bonchev–Trinajstić information content (AvgIpc) is 0.781. The fraction of sp³-hybridized carbons (Fsp3) is 0.487. The van der Waals surface area contributed by atoms with Gasteiger partial charge in [-0.2, -0.15) is 0 Å². The molecule has 6 unspecified atom stereocenters. The maximum atomic E-state index is 13.3. The molecular weight excluding hydrogens is 1430 g/mol. The second-order valence-corrected chi connectivity index (χ2v) is 29.8. The third-order valence-electron chi connectivity index (χ3n) is 19.7. The monoisotopic (exact) mass is 1520 g/mol. The van der Waals surface area contributed by atoms with E-state index in [0.717, 1.165) is 16.7 Å². The van der Waals surface area contributed by atoms with Crippen LogP contribution in [0.5, 0.6) is 34.5 Å². The Balaban J connectivity index is 0.000000280. The number of aromatic carboxylic acids is 2. The Morgan fingerprint density at radius 2 is 0.686 bits per heavy atom. The number of benzene rings is 6. The van der Waals surface area contributed by atoms with Gasteiger partial charge in [-0.05, 0) is 90.6 Å². The van der Waals surface area contributed by atoms with Crippen LogP contribution in [-0.4, -0.2) is 221 Å². The first kappa shape index (κ1) is 89.0. The van der Waals surface area contributed by atoms with Gasteiger partial charge in [0.15, 0.2) is 0 Å². The number of likely N-dealkylation sites (tertiary alicyclic amines) is 3. The summed E-state index contributed by atoms with van der Waals surface area (Å²) in [7, 11) is 5.53. The molecule has 29 heteroatoms. The first-order chi connectivity index (χ1) is 48.3. The summed E-state index contributed by atoms with van der Waals surface area (Å²) in [6, 6.07) is 26.7. The molecule has 0 saturated carbocycles. The number of ether oxygens (including phenoxy) is 7. The molecule has 105 heavy (non-hydrogen) atoms. The molecule has 0 bridgehead atoms.